The quantitative estimate of drug-likeness (QED) is 0.574. The molecule has 156 valence electrons. The molecular formula is C24H27N3O3. The molecule has 6 nitrogen and oxygen atoms in total. The van der Waals surface area contributed by atoms with E-state index in [9.17, 15) is 4.79 Å². The first-order chi connectivity index (χ1) is 14.8. The van der Waals surface area contributed by atoms with E-state index in [1.165, 1.54) is 0 Å². The third-order valence-corrected chi connectivity index (χ3v) is 5.90. The number of rotatable bonds is 8. The Morgan fingerprint density at radius 1 is 1.17 bits per heavy atom. The van der Waals surface area contributed by atoms with Crippen LogP contribution in [-0.2, 0) is 22.6 Å². The Bertz CT molecular complexity index is 1020. The Balaban J connectivity index is 1.26. The van der Waals surface area contributed by atoms with Crippen molar-refractivity contribution in [2.24, 2.45) is 5.92 Å². The molecule has 1 aliphatic heterocycles. The van der Waals surface area contributed by atoms with Crippen LogP contribution in [0.25, 0.3) is 11.0 Å². The van der Waals surface area contributed by atoms with Gasteiger partial charge in [0.25, 0.3) is 0 Å². The standard InChI is InChI=1S/C24H27N3O3/c28-24(14-26-17-25-22-6-1-2-7-23(22)26)27(20-8-9-20)13-18-4-3-5-21(12-18)30-16-19-10-11-29-15-19/h1-7,12,17,19-20H,8-11,13-16H2. The van der Waals surface area contributed by atoms with Gasteiger partial charge in [-0.05, 0) is 49.1 Å². The molecule has 1 atom stereocenters. The summed E-state index contributed by atoms with van der Waals surface area (Å²) in [5, 5.41) is 0. The Hall–Kier alpha value is -2.86. The largest absolute Gasteiger partial charge is 0.493 e. The molecule has 30 heavy (non-hydrogen) atoms. The predicted octanol–water partition coefficient (Wildman–Crippen LogP) is 3.64. The fourth-order valence-electron chi connectivity index (χ4n) is 4.04. The van der Waals surface area contributed by atoms with Crippen molar-refractivity contribution < 1.29 is 14.3 Å². The van der Waals surface area contributed by atoms with Crippen LogP contribution in [0.5, 0.6) is 5.75 Å². The van der Waals surface area contributed by atoms with Crippen molar-refractivity contribution in [1.82, 2.24) is 14.5 Å². The molecule has 1 aromatic heterocycles. The van der Waals surface area contributed by atoms with Crippen LogP contribution in [-0.4, -0.2) is 46.2 Å². The number of ether oxygens (including phenoxy) is 2. The highest BCUT2D eigenvalue weighted by Crippen LogP contribution is 2.29. The summed E-state index contributed by atoms with van der Waals surface area (Å²) in [4.78, 5) is 19.6. The molecule has 0 bridgehead atoms. The van der Waals surface area contributed by atoms with Gasteiger partial charge in [-0.2, -0.15) is 0 Å². The van der Waals surface area contributed by atoms with Gasteiger partial charge in [0.15, 0.2) is 0 Å². The second-order valence-electron chi connectivity index (χ2n) is 8.30. The molecular weight excluding hydrogens is 378 g/mol. The molecule has 0 spiro atoms. The van der Waals surface area contributed by atoms with Crippen LogP contribution in [0.4, 0.5) is 0 Å². The normalized spacial score (nSPS) is 18.6. The van der Waals surface area contributed by atoms with Crippen molar-refractivity contribution in [3.63, 3.8) is 0 Å². The van der Waals surface area contributed by atoms with Gasteiger partial charge in [0.2, 0.25) is 5.91 Å². The average molecular weight is 405 g/mol. The molecule has 3 aromatic rings. The highest BCUT2D eigenvalue weighted by molar-refractivity contribution is 5.81. The molecule has 1 amide bonds. The first kappa shape index (κ1) is 19.1. The van der Waals surface area contributed by atoms with Gasteiger partial charge in [-0.1, -0.05) is 24.3 Å². The van der Waals surface area contributed by atoms with Crippen LogP contribution >= 0.6 is 0 Å². The van der Waals surface area contributed by atoms with Crippen LogP contribution in [0, 0.1) is 5.92 Å². The number of nitrogens with zero attached hydrogens (tertiary/aromatic N) is 3. The average Bonchev–Trinajstić information content (AvgIpc) is 3.32. The Labute approximate surface area is 176 Å². The first-order valence-corrected chi connectivity index (χ1v) is 10.7. The van der Waals surface area contributed by atoms with Crippen LogP contribution in [0.3, 0.4) is 0 Å². The van der Waals surface area contributed by atoms with Gasteiger partial charge in [-0.3, -0.25) is 4.79 Å². The molecule has 1 saturated carbocycles. The minimum Gasteiger partial charge on any atom is -0.493 e. The first-order valence-electron chi connectivity index (χ1n) is 10.7. The van der Waals surface area contributed by atoms with Crippen LogP contribution in [0.1, 0.15) is 24.8 Å². The molecule has 0 N–H and O–H groups in total. The van der Waals surface area contributed by atoms with E-state index in [2.05, 4.69) is 17.1 Å². The number of fused-ring (bicyclic) bond motifs is 1. The van der Waals surface area contributed by atoms with Crippen LogP contribution in [0.2, 0.25) is 0 Å². The number of imidazole rings is 1. The molecule has 2 fully saturated rings. The fourth-order valence-corrected chi connectivity index (χ4v) is 4.04. The third kappa shape index (κ3) is 4.33. The lowest BCUT2D eigenvalue weighted by Gasteiger charge is -2.23. The van der Waals surface area contributed by atoms with Crippen molar-refractivity contribution >= 4 is 16.9 Å². The maximum Gasteiger partial charge on any atom is 0.243 e. The van der Waals surface area contributed by atoms with Crippen molar-refractivity contribution in [1.29, 1.82) is 0 Å². The summed E-state index contributed by atoms with van der Waals surface area (Å²) in [5.74, 6) is 1.47. The maximum atomic E-state index is 13.2. The number of hydrogen-bond donors (Lipinski definition) is 0. The Kier molecular flexibility index (Phi) is 5.41. The maximum absolute atomic E-state index is 13.2. The molecule has 6 heteroatoms. The molecule has 0 radical (unpaired) electrons. The number of para-hydroxylation sites is 2. The lowest BCUT2D eigenvalue weighted by Crippen LogP contribution is -2.35. The van der Waals surface area contributed by atoms with Crippen molar-refractivity contribution in [2.75, 3.05) is 19.8 Å². The highest BCUT2D eigenvalue weighted by Gasteiger charge is 2.32. The van der Waals surface area contributed by atoms with E-state index in [4.69, 9.17) is 9.47 Å². The number of carbonyl (C=O) groups excluding carboxylic acids is 1. The van der Waals surface area contributed by atoms with Gasteiger partial charge in [0, 0.05) is 25.1 Å². The van der Waals surface area contributed by atoms with E-state index >= 15 is 0 Å². The van der Waals surface area contributed by atoms with Gasteiger partial charge >= 0.3 is 0 Å². The molecule has 2 aliphatic rings. The van der Waals surface area contributed by atoms with Crippen molar-refractivity contribution in [3.8, 4) is 5.75 Å². The summed E-state index contributed by atoms with van der Waals surface area (Å²) in [7, 11) is 0. The second-order valence-corrected chi connectivity index (χ2v) is 8.30. The monoisotopic (exact) mass is 405 g/mol. The van der Waals surface area contributed by atoms with Gasteiger partial charge in [0.05, 0.1) is 30.6 Å². The lowest BCUT2D eigenvalue weighted by atomic mass is 10.1. The fraction of sp³-hybridized carbons (Fsp3) is 0.417. The summed E-state index contributed by atoms with van der Waals surface area (Å²) in [6, 6.07) is 16.4. The zero-order valence-electron chi connectivity index (χ0n) is 17.1. The Morgan fingerprint density at radius 2 is 2.07 bits per heavy atom. The van der Waals surface area contributed by atoms with E-state index in [1.54, 1.807) is 6.33 Å². The SMILES string of the molecule is O=C(Cn1cnc2ccccc21)N(Cc1cccc(OCC2CCOC2)c1)C1CC1. The number of benzene rings is 2. The molecule has 5 rings (SSSR count). The molecule has 2 heterocycles. The number of carbonyl (C=O) groups is 1. The third-order valence-electron chi connectivity index (χ3n) is 5.90. The van der Waals surface area contributed by atoms with Crippen molar-refractivity contribution in [2.45, 2.75) is 38.4 Å². The summed E-state index contributed by atoms with van der Waals surface area (Å²) >= 11 is 0. The molecule has 1 unspecified atom stereocenters. The molecule has 1 saturated heterocycles. The summed E-state index contributed by atoms with van der Waals surface area (Å²) < 4.78 is 13.3. The number of aromatic nitrogens is 2. The summed E-state index contributed by atoms with van der Waals surface area (Å²) in [5.41, 5.74) is 3.01. The predicted molar refractivity (Wildman–Crippen MR) is 114 cm³/mol. The van der Waals surface area contributed by atoms with Crippen LogP contribution in [0.15, 0.2) is 54.9 Å². The second kappa shape index (κ2) is 8.48. The van der Waals surface area contributed by atoms with Crippen molar-refractivity contribution in [3.05, 3.63) is 60.4 Å². The number of amides is 1. The lowest BCUT2D eigenvalue weighted by molar-refractivity contribution is -0.133. The van der Waals surface area contributed by atoms with Gasteiger partial charge < -0.3 is 18.9 Å². The molecule has 2 aromatic carbocycles. The van der Waals surface area contributed by atoms with E-state index in [0.717, 1.165) is 54.8 Å². The van der Waals surface area contributed by atoms with E-state index < -0.39 is 0 Å². The zero-order valence-corrected chi connectivity index (χ0v) is 17.1. The van der Waals surface area contributed by atoms with Crippen LogP contribution < -0.4 is 4.74 Å². The van der Waals surface area contributed by atoms with Gasteiger partial charge in [-0.25, -0.2) is 4.98 Å². The van der Waals surface area contributed by atoms with E-state index in [-0.39, 0.29) is 5.91 Å². The zero-order chi connectivity index (χ0) is 20.3. The topological polar surface area (TPSA) is 56.6 Å². The van der Waals surface area contributed by atoms with E-state index in [0.29, 0.717) is 31.7 Å². The number of hydrogen-bond acceptors (Lipinski definition) is 4. The summed E-state index contributed by atoms with van der Waals surface area (Å²) in [6.07, 6.45) is 4.98. The smallest absolute Gasteiger partial charge is 0.243 e. The molecule has 1 aliphatic carbocycles. The highest BCUT2D eigenvalue weighted by atomic mass is 16.5. The van der Waals surface area contributed by atoms with Gasteiger partial charge in [0.1, 0.15) is 12.3 Å². The van der Waals surface area contributed by atoms with Gasteiger partial charge in [-0.15, -0.1) is 0 Å². The Morgan fingerprint density at radius 3 is 2.90 bits per heavy atom. The minimum absolute atomic E-state index is 0.134. The van der Waals surface area contributed by atoms with E-state index in [1.807, 2.05) is 45.9 Å². The minimum atomic E-state index is 0.134. The summed E-state index contributed by atoms with van der Waals surface area (Å²) in [6.45, 7) is 3.22.